The Morgan fingerprint density at radius 1 is 1.70 bits per heavy atom. The summed E-state index contributed by atoms with van der Waals surface area (Å²) >= 11 is 1.55. The van der Waals surface area contributed by atoms with Crippen molar-refractivity contribution in [3.05, 3.63) is 10.5 Å². The second kappa shape index (κ2) is 6.02. The minimum Gasteiger partial charge on any atom is -0.313 e. The summed E-state index contributed by atoms with van der Waals surface area (Å²) in [5, 5.41) is 16.4. The average molecular weight is 295 g/mol. The molecule has 1 aliphatic carbocycles. The van der Waals surface area contributed by atoms with Crippen LogP contribution in [0.3, 0.4) is 0 Å². The van der Waals surface area contributed by atoms with Gasteiger partial charge in [-0.2, -0.15) is 5.26 Å². The maximum Gasteiger partial charge on any atom is 0.344 e. The van der Waals surface area contributed by atoms with E-state index in [4.69, 9.17) is 5.73 Å². The maximum absolute atomic E-state index is 11.6. The van der Waals surface area contributed by atoms with Crippen LogP contribution < -0.4 is 11.4 Å². The number of H-pyrrole nitrogens is 1. The first-order chi connectivity index (χ1) is 9.48. The number of nitrogens with one attached hydrogen (secondary N) is 1. The summed E-state index contributed by atoms with van der Waals surface area (Å²) in [6.45, 7) is 3.91. The van der Waals surface area contributed by atoms with Crippen molar-refractivity contribution in [2.75, 3.05) is 5.75 Å². The first kappa shape index (κ1) is 15.1. The van der Waals surface area contributed by atoms with E-state index in [1.165, 1.54) is 0 Å². The molecule has 0 spiro atoms. The van der Waals surface area contributed by atoms with Gasteiger partial charge in [0.1, 0.15) is 5.54 Å². The highest BCUT2D eigenvalue weighted by molar-refractivity contribution is 7.99. The Kier molecular flexibility index (Phi) is 4.55. The fourth-order valence-electron chi connectivity index (χ4n) is 2.79. The third-order valence-corrected chi connectivity index (χ3v) is 4.95. The van der Waals surface area contributed by atoms with Crippen molar-refractivity contribution in [3.63, 3.8) is 0 Å². The zero-order valence-electron chi connectivity index (χ0n) is 11.9. The molecule has 2 atom stereocenters. The Bertz CT molecular complexity index is 558. The van der Waals surface area contributed by atoms with Crippen LogP contribution in [0.2, 0.25) is 0 Å². The van der Waals surface area contributed by atoms with Crippen molar-refractivity contribution in [2.45, 2.75) is 56.3 Å². The minimum absolute atomic E-state index is 0.0861. The Hall–Kier alpha value is -1.26. The van der Waals surface area contributed by atoms with Crippen LogP contribution in [0.25, 0.3) is 0 Å². The fourth-order valence-corrected chi connectivity index (χ4v) is 3.92. The third-order valence-electron chi connectivity index (χ3n) is 3.97. The molecule has 3 N–H and O–H groups in total. The number of nitriles is 1. The number of aromatic nitrogens is 3. The van der Waals surface area contributed by atoms with Crippen molar-refractivity contribution in [1.29, 1.82) is 5.26 Å². The quantitative estimate of drug-likeness (QED) is 0.804. The molecular formula is C13H21N5OS. The SMILES string of the molecule is CC(C)n1c(SCCC2CCCC2(N)C#N)n[nH]c1=O. The van der Waals surface area contributed by atoms with Gasteiger partial charge in [0.25, 0.3) is 0 Å². The van der Waals surface area contributed by atoms with Gasteiger partial charge in [-0.25, -0.2) is 9.89 Å². The lowest BCUT2D eigenvalue weighted by molar-refractivity contribution is 0.389. The Balaban J connectivity index is 1.94. The number of hydrogen-bond donors (Lipinski definition) is 2. The van der Waals surface area contributed by atoms with E-state index in [-0.39, 0.29) is 17.6 Å². The molecule has 1 saturated carbocycles. The topological polar surface area (TPSA) is 100 Å². The number of thioether (sulfide) groups is 1. The number of nitrogens with zero attached hydrogens (tertiary/aromatic N) is 3. The molecule has 0 aromatic carbocycles. The van der Waals surface area contributed by atoms with Crippen LogP contribution in [0.5, 0.6) is 0 Å². The Morgan fingerprint density at radius 2 is 2.45 bits per heavy atom. The molecule has 1 fully saturated rings. The smallest absolute Gasteiger partial charge is 0.313 e. The summed E-state index contributed by atoms with van der Waals surface area (Å²) < 4.78 is 1.65. The molecule has 2 unspecified atom stereocenters. The van der Waals surface area contributed by atoms with Crippen LogP contribution in [-0.4, -0.2) is 26.1 Å². The normalized spacial score (nSPS) is 26.1. The molecule has 0 bridgehead atoms. The molecule has 1 heterocycles. The van der Waals surface area contributed by atoms with Gasteiger partial charge in [-0.15, -0.1) is 5.10 Å². The van der Waals surface area contributed by atoms with Crippen LogP contribution in [0.4, 0.5) is 0 Å². The van der Waals surface area contributed by atoms with E-state index >= 15 is 0 Å². The summed E-state index contributed by atoms with van der Waals surface area (Å²) in [6, 6.07) is 2.35. The highest BCUT2D eigenvalue weighted by atomic mass is 32.2. The average Bonchev–Trinajstić information content (AvgIpc) is 2.95. The number of aromatic amines is 1. The Morgan fingerprint density at radius 3 is 3.10 bits per heavy atom. The van der Waals surface area contributed by atoms with Crippen LogP contribution in [-0.2, 0) is 0 Å². The van der Waals surface area contributed by atoms with Crippen molar-refractivity contribution in [2.24, 2.45) is 11.7 Å². The molecule has 1 aromatic heterocycles. The molecule has 20 heavy (non-hydrogen) atoms. The maximum atomic E-state index is 11.6. The van der Waals surface area contributed by atoms with Gasteiger partial charge in [0.2, 0.25) is 0 Å². The molecule has 110 valence electrons. The number of nitrogens with two attached hydrogens (primary N) is 1. The predicted octanol–water partition coefficient (Wildman–Crippen LogP) is 1.66. The van der Waals surface area contributed by atoms with Crippen LogP contribution >= 0.6 is 11.8 Å². The van der Waals surface area contributed by atoms with Gasteiger partial charge >= 0.3 is 5.69 Å². The summed E-state index contributed by atoms with van der Waals surface area (Å²) in [4.78, 5) is 11.6. The molecule has 7 heteroatoms. The molecule has 0 amide bonds. The summed E-state index contributed by atoms with van der Waals surface area (Å²) in [7, 11) is 0. The second-order valence-electron chi connectivity index (χ2n) is 5.65. The zero-order chi connectivity index (χ0) is 14.8. The highest BCUT2D eigenvalue weighted by Crippen LogP contribution is 2.36. The van der Waals surface area contributed by atoms with Crippen molar-refractivity contribution in [3.8, 4) is 6.07 Å². The van der Waals surface area contributed by atoms with Gasteiger partial charge in [-0.3, -0.25) is 4.57 Å². The van der Waals surface area contributed by atoms with E-state index in [0.717, 1.165) is 31.4 Å². The monoisotopic (exact) mass is 295 g/mol. The highest BCUT2D eigenvalue weighted by Gasteiger charge is 2.39. The third kappa shape index (κ3) is 2.91. The van der Waals surface area contributed by atoms with Crippen molar-refractivity contribution < 1.29 is 0 Å². The van der Waals surface area contributed by atoms with E-state index in [9.17, 15) is 10.1 Å². The molecule has 0 aliphatic heterocycles. The fraction of sp³-hybridized carbons (Fsp3) is 0.769. The summed E-state index contributed by atoms with van der Waals surface area (Å²) in [5.41, 5.74) is 5.28. The van der Waals surface area contributed by atoms with E-state index < -0.39 is 5.54 Å². The molecule has 6 nitrogen and oxygen atoms in total. The van der Waals surface area contributed by atoms with Gasteiger partial charge in [-0.1, -0.05) is 18.2 Å². The van der Waals surface area contributed by atoms with Gasteiger partial charge in [0.15, 0.2) is 5.16 Å². The van der Waals surface area contributed by atoms with Gasteiger partial charge < -0.3 is 5.73 Å². The lowest BCUT2D eigenvalue weighted by atomic mass is 9.88. The van der Waals surface area contributed by atoms with E-state index in [1.54, 1.807) is 16.3 Å². The van der Waals surface area contributed by atoms with E-state index in [1.807, 2.05) is 13.8 Å². The minimum atomic E-state index is -0.663. The lowest BCUT2D eigenvalue weighted by Gasteiger charge is -2.23. The van der Waals surface area contributed by atoms with Gasteiger partial charge in [-0.05, 0) is 39.0 Å². The van der Waals surface area contributed by atoms with E-state index in [0.29, 0.717) is 5.16 Å². The predicted molar refractivity (Wildman–Crippen MR) is 78.4 cm³/mol. The van der Waals surface area contributed by atoms with Crippen molar-refractivity contribution >= 4 is 11.8 Å². The van der Waals surface area contributed by atoms with Gasteiger partial charge in [0.05, 0.1) is 6.07 Å². The summed E-state index contributed by atoms with van der Waals surface area (Å²) in [6.07, 6.45) is 3.71. The van der Waals surface area contributed by atoms with Crippen LogP contribution in [0.15, 0.2) is 9.95 Å². The lowest BCUT2D eigenvalue weighted by Crippen LogP contribution is -2.41. The molecule has 2 rings (SSSR count). The van der Waals surface area contributed by atoms with Gasteiger partial charge in [0, 0.05) is 11.8 Å². The zero-order valence-corrected chi connectivity index (χ0v) is 12.7. The second-order valence-corrected chi connectivity index (χ2v) is 6.72. The van der Waals surface area contributed by atoms with E-state index in [2.05, 4.69) is 16.3 Å². The molecular weight excluding hydrogens is 274 g/mol. The molecule has 0 radical (unpaired) electrons. The number of hydrogen-bond acceptors (Lipinski definition) is 5. The van der Waals surface area contributed by atoms with Crippen LogP contribution in [0, 0.1) is 17.2 Å². The molecule has 1 aliphatic rings. The first-order valence-corrected chi connectivity index (χ1v) is 7.96. The van der Waals surface area contributed by atoms with Crippen LogP contribution in [0.1, 0.15) is 45.6 Å². The largest absolute Gasteiger partial charge is 0.344 e. The standard InChI is InChI=1S/C13H21N5OS/c1-9(2)18-11(19)16-17-12(18)20-7-5-10-4-3-6-13(10,15)8-14/h9-10H,3-7,15H2,1-2H3,(H,16,19). The molecule has 0 saturated heterocycles. The molecule has 1 aromatic rings. The Labute approximate surface area is 122 Å². The van der Waals surface area contributed by atoms with Crippen molar-refractivity contribution in [1.82, 2.24) is 14.8 Å². The first-order valence-electron chi connectivity index (χ1n) is 6.98. The number of rotatable bonds is 5. The summed E-state index contributed by atoms with van der Waals surface area (Å²) in [5.74, 6) is 1.07.